The van der Waals surface area contributed by atoms with Gasteiger partial charge in [0.2, 0.25) is 11.8 Å². The molecule has 0 saturated carbocycles. The third-order valence-corrected chi connectivity index (χ3v) is 5.62. The molecule has 1 atom stereocenters. The number of hydrogen-bond acceptors (Lipinski definition) is 6. The lowest BCUT2D eigenvalue weighted by Gasteiger charge is -2.32. The van der Waals surface area contributed by atoms with Crippen molar-refractivity contribution in [3.05, 3.63) is 83.8 Å². The molecule has 176 valence electrons. The number of benzene rings is 2. The second kappa shape index (κ2) is 10.8. The molecule has 2 aromatic carbocycles. The first-order valence-corrected chi connectivity index (χ1v) is 11.0. The smallest absolute Gasteiger partial charge is 0.247 e. The number of aromatic nitrogens is 3. The van der Waals surface area contributed by atoms with Crippen molar-refractivity contribution in [2.24, 2.45) is 0 Å². The van der Waals surface area contributed by atoms with E-state index < -0.39 is 6.04 Å². The normalized spacial score (nSPS) is 11.9. The number of ether oxygens (including phenoxy) is 1. The molecule has 0 spiro atoms. The average Bonchev–Trinajstić information content (AvgIpc) is 3.51. The van der Waals surface area contributed by atoms with Gasteiger partial charge in [0, 0.05) is 13.7 Å². The molecule has 0 aliphatic heterocycles. The van der Waals surface area contributed by atoms with E-state index in [0.29, 0.717) is 11.3 Å². The molecule has 9 heteroatoms. The summed E-state index contributed by atoms with van der Waals surface area (Å²) < 4.78 is 12.2. The van der Waals surface area contributed by atoms with Crippen LogP contribution in [0.1, 0.15) is 22.9 Å². The number of nitrogens with zero attached hydrogens (tertiary/aromatic N) is 4. The number of methoxy groups -OCH3 is 1. The molecule has 1 N–H and O–H groups in total. The van der Waals surface area contributed by atoms with Crippen molar-refractivity contribution in [3.63, 3.8) is 0 Å². The molecule has 4 rings (SSSR count). The van der Waals surface area contributed by atoms with Crippen LogP contribution < -0.4 is 5.32 Å². The molecule has 0 aliphatic carbocycles. The topological polar surface area (TPSA) is 102 Å². The first-order chi connectivity index (χ1) is 16.6. The van der Waals surface area contributed by atoms with Gasteiger partial charge in [-0.1, -0.05) is 41.6 Å². The Bertz CT molecular complexity index is 1250. The van der Waals surface area contributed by atoms with Gasteiger partial charge in [-0.15, -0.1) is 5.10 Å². The second-order valence-electron chi connectivity index (χ2n) is 7.87. The maximum absolute atomic E-state index is 13.6. The van der Waals surface area contributed by atoms with Gasteiger partial charge in [-0.3, -0.25) is 9.59 Å². The fraction of sp³-hybridized carbons (Fsp3) is 0.280. The Labute approximate surface area is 197 Å². The van der Waals surface area contributed by atoms with Crippen LogP contribution in [0.2, 0.25) is 0 Å². The Kier molecular flexibility index (Phi) is 7.34. The number of para-hydroxylation sites is 1. The third-order valence-electron chi connectivity index (χ3n) is 5.62. The van der Waals surface area contributed by atoms with Crippen LogP contribution in [-0.2, 0) is 27.4 Å². The molecule has 2 aromatic heterocycles. The summed E-state index contributed by atoms with van der Waals surface area (Å²) in [6.45, 7) is 2.59. The van der Waals surface area contributed by atoms with Gasteiger partial charge >= 0.3 is 0 Å². The van der Waals surface area contributed by atoms with Crippen molar-refractivity contribution in [1.82, 2.24) is 25.2 Å². The van der Waals surface area contributed by atoms with E-state index in [2.05, 4.69) is 15.6 Å². The number of hydrogen-bond donors (Lipinski definition) is 1. The van der Waals surface area contributed by atoms with E-state index in [1.165, 1.54) is 0 Å². The van der Waals surface area contributed by atoms with Crippen LogP contribution in [0.5, 0.6) is 0 Å². The van der Waals surface area contributed by atoms with Crippen molar-refractivity contribution in [1.29, 1.82) is 0 Å². The van der Waals surface area contributed by atoms with Crippen molar-refractivity contribution in [2.45, 2.75) is 26.1 Å². The fourth-order valence-electron chi connectivity index (χ4n) is 3.87. The Hall–Kier alpha value is -3.98. The van der Waals surface area contributed by atoms with Crippen molar-refractivity contribution < 1.29 is 18.7 Å². The van der Waals surface area contributed by atoms with Crippen LogP contribution in [0.15, 0.2) is 71.3 Å². The van der Waals surface area contributed by atoms with E-state index >= 15 is 0 Å². The number of carbonyl (C=O) groups excluding carboxylic acids is 2. The number of rotatable bonds is 10. The molecule has 0 bridgehead atoms. The molecule has 0 aliphatic rings. The zero-order valence-electron chi connectivity index (χ0n) is 19.2. The number of nitrogens with one attached hydrogen (secondary N) is 1. The summed E-state index contributed by atoms with van der Waals surface area (Å²) in [5.74, 6) is 0.0495. The summed E-state index contributed by atoms with van der Waals surface area (Å²) >= 11 is 0. The molecule has 0 radical (unpaired) electrons. The maximum Gasteiger partial charge on any atom is 0.247 e. The number of fused-ring (bicyclic) bond motifs is 1. The van der Waals surface area contributed by atoms with E-state index in [9.17, 15) is 9.59 Å². The molecular weight excluding hydrogens is 434 g/mol. The zero-order valence-corrected chi connectivity index (χ0v) is 19.2. The van der Waals surface area contributed by atoms with E-state index in [4.69, 9.17) is 9.15 Å². The molecule has 34 heavy (non-hydrogen) atoms. The minimum atomic E-state index is -0.853. The Morgan fingerprint density at radius 3 is 2.68 bits per heavy atom. The fourth-order valence-corrected chi connectivity index (χ4v) is 3.87. The summed E-state index contributed by atoms with van der Waals surface area (Å²) in [6.07, 6.45) is 1.55. The van der Waals surface area contributed by atoms with Crippen LogP contribution in [-0.4, -0.2) is 52.0 Å². The number of carbonyl (C=O) groups is 2. The molecular formula is C25H27N5O4. The minimum Gasteiger partial charge on any atom is -0.467 e. The Morgan fingerprint density at radius 1 is 1.12 bits per heavy atom. The highest BCUT2D eigenvalue weighted by Gasteiger charge is 2.32. The summed E-state index contributed by atoms with van der Waals surface area (Å²) in [7, 11) is 1.56. The van der Waals surface area contributed by atoms with Gasteiger partial charge in [0.1, 0.15) is 23.9 Å². The van der Waals surface area contributed by atoms with Crippen LogP contribution >= 0.6 is 0 Å². The summed E-state index contributed by atoms with van der Waals surface area (Å²) in [4.78, 5) is 28.6. The molecule has 4 aromatic rings. The number of amides is 2. The Morgan fingerprint density at radius 2 is 1.91 bits per heavy atom. The number of furan rings is 1. The van der Waals surface area contributed by atoms with E-state index in [0.717, 1.165) is 16.6 Å². The van der Waals surface area contributed by atoms with Gasteiger partial charge < -0.3 is 19.4 Å². The molecule has 0 fully saturated rings. The van der Waals surface area contributed by atoms with Crippen molar-refractivity contribution in [3.8, 4) is 0 Å². The number of aryl methyl sites for hydroxylation is 1. The summed E-state index contributed by atoms with van der Waals surface area (Å²) in [5, 5.41) is 11.2. The third kappa shape index (κ3) is 5.15. The highest BCUT2D eigenvalue weighted by Crippen LogP contribution is 2.25. The molecule has 2 amide bonds. The van der Waals surface area contributed by atoms with E-state index in [-0.39, 0.29) is 38.1 Å². The monoisotopic (exact) mass is 461 g/mol. The standard InChI is InChI=1S/C25H27N5O4/c1-18-8-3-4-10-20(18)24(25(32)26-16-19-9-7-14-34-19)29(13-15-33-2)23(31)17-30-22-12-6-5-11-21(22)27-28-30/h3-12,14,24H,13,15-17H2,1-2H3,(H,26,32)/t24-/m0/s1. The largest absolute Gasteiger partial charge is 0.467 e. The predicted octanol–water partition coefficient (Wildman–Crippen LogP) is 2.87. The van der Waals surface area contributed by atoms with Gasteiger partial charge in [-0.05, 0) is 42.3 Å². The first kappa shape index (κ1) is 23.2. The quantitative estimate of drug-likeness (QED) is 0.390. The average molecular weight is 462 g/mol. The van der Waals surface area contributed by atoms with Gasteiger partial charge in [-0.2, -0.15) is 0 Å². The first-order valence-electron chi connectivity index (χ1n) is 11.0. The lowest BCUT2D eigenvalue weighted by atomic mass is 9.98. The van der Waals surface area contributed by atoms with Gasteiger partial charge in [0.15, 0.2) is 0 Å². The van der Waals surface area contributed by atoms with Crippen molar-refractivity contribution in [2.75, 3.05) is 20.3 Å². The lowest BCUT2D eigenvalue weighted by Crippen LogP contribution is -2.46. The van der Waals surface area contributed by atoms with Gasteiger partial charge in [0.05, 0.1) is 24.9 Å². The van der Waals surface area contributed by atoms with Gasteiger partial charge in [-0.25, -0.2) is 4.68 Å². The maximum atomic E-state index is 13.6. The summed E-state index contributed by atoms with van der Waals surface area (Å²) in [5.41, 5.74) is 3.09. The zero-order chi connectivity index (χ0) is 23.9. The van der Waals surface area contributed by atoms with Gasteiger partial charge in [0.25, 0.3) is 0 Å². The van der Waals surface area contributed by atoms with Crippen LogP contribution in [0.4, 0.5) is 0 Å². The SMILES string of the molecule is COCCN(C(=O)Cn1nnc2ccccc21)[C@H](C(=O)NCc1ccco1)c1ccccc1C. The summed E-state index contributed by atoms with van der Waals surface area (Å²) in [6, 6.07) is 17.7. The predicted molar refractivity (Wildman–Crippen MR) is 126 cm³/mol. The van der Waals surface area contributed by atoms with Crippen LogP contribution in [0.25, 0.3) is 11.0 Å². The Balaban J connectivity index is 1.65. The highest BCUT2D eigenvalue weighted by atomic mass is 16.5. The second-order valence-corrected chi connectivity index (χ2v) is 7.87. The molecule has 2 heterocycles. The van der Waals surface area contributed by atoms with E-state index in [1.807, 2.05) is 55.5 Å². The lowest BCUT2D eigenvalue weighted by molar-refractivity contribution is -0.142. The molecule has 0 saturated heterocycles. The molecule has 9 nitrogen and oxygen atoms in total. The van der Waals surface area contributed by atoms with Crippen LogP contribution in [0.3, 0.4) is 0 Å². The van der Waals surface area contributed by atoms with Crippen molar-refractivity contribution >= 4 is 22.8 Å². The highest BCUT2D eigenvalue weighted by molar-refractivity contribution is 5.89. The molecule has 0 unspecified atom stereocenters. The van der Waals surface area contributed by atoms with E-state index in [1.54, 1.807) is 35.1 Å². The van der Waals surface area contributed by atoms with Crippen LogP contribution in [0, 0.1) is 6.92 Å². The minimum absolute atomic E-state index is 0.0575.